The molecule has 1 heterocycles. The number of ether oxygens (including phenoxy) is 1. The average molecular weight is 262 g/mol. The van der Waals surface area contributed by atoms with E-state index >= 15 is 0 Å². The van der Waals surface area contributed by atoms with Crippen molar-refractivity contribution < 1.29 is 19.2 Å². The number of hydrogen-bond acceptors (Lipinski definition) is 4. The zero-order valence-corrected chi connectivity index (χ0v) is 10.6. The summed E-state index contributed by atoms with van der Waals surface area (Å²) in [4.78, 5) is 10.7. The molecule has 2 N–H and O–H groups in total. The quantitative estimate of drug-likeness (QED) is 0.884. The average Bonchev–Trinajstić information content (AvgIpc) is 2.72. The normalized spacial score (nSPS) is 10.4. The molecular weight excluding hydrogens is 248 g/mol. The molecule has 0 aliphatic rings. The minimum Gasteiger partial charge on any atom is -0.465 e. The first kappa shape index (κ1) is 13.1. The van der Waals surface area contributed by atoms with Crippen LogP contribution in [0.5, 0.6) is 0 Å². The van der Waals surface area contributed by atoms with Crippen LogP contribution in [0.25, 0.3) is 11.3 Å². The second-order valence-corrected chi connectivity index (χ2v) is 4.03. The van der Waals surface area contributed by atoms with Crippen molar-refractivity contribution in [2.24, 2.45) is 0 Å². The minimum atomic E-state index is -1.15. The number of rotatable bonds is 4. The summed E-state index contributed by atoms with van der Waals surface area (Å²) in [5.74, 6) is 0.406. The van der Waals surface area contributed by atoms with Gasteiger partial charge in [-0.05, 0) is 12.5 Å². The topological polar surface area (TPSA) is 84.6 Å². The monoisotopic (exact) mass is 262 g/mol. The van der Waals surface area contributed by atoms with Crippen molar-refractivity contribution in [3.63, 3.8) is 0 Å². The Morgan fingerprint density at radius 1 is 1.42 bits per heavy atom. The predicted molar refractivity (Wildman–Crippen MR) is 69.0 cm³/mol. The van der Waals surface area contributed by atoms with E-state index in [1.54, 1.807) is 14.0 Å². The first-order valence-corrected chi connectivity index (χ1v) is 5.66. The fourth-order valence-corrected chi connectivity index (χ4v) is 1.74. The number of anilines is 1. The number of nitrogens with zero attached hydrogens (tertiary/aromatic N) is 1. The summed E-state index contributed by atoms with van der Waals surface area (Å²) in [6.07, 6.45) is -1.15. The summed E-state index contributed by atoms with van der Waals surface area (Å²) in [7, 11) is 1.63. The summed E-state index contributed by atoms with van der Waals surface area (Å²) in [6.45, 7) is 2.20. The molecule has 0 unspecified atom stereocenters. The lowest BCUT2D eigenvalue weighted by atomic mass is 10.1. The van der Waals surface area contributed by atoms with Gasteiger partial charge in [0.05, 0.1) is 6.61 Å². The molecule has 1 aromatic heterocycles. The lowest BCUT2D eigenvalue weighted by Crippen LogP contribution is -2.08. The molecule has 0 aliphatic heterocycles. The molecule has 19 heavy (non-hydrogen) atoms. The van der Waals surface area contributed by atoms with Crippen LogP contribution in [0.15, 0.2) is 28.8 Å². The minimum absolute atomic E-state index is 0.368. The number of aryl methyl sites for hydroxylation is 1. The van der Waals surface area contributed by atoms with E-state index in [-0.39, 0.29) is 0 Å². The highest BCUT2D eigenvalue weighted by atomic mass is 16.5. The first-order valence-electron chi connectivity index (χ1n) is 5.66. The Morgan fingerprint density at radius 2 is 2.11 bits per heavy atom. The smallest absolute Gasteiger partial charge is 0.409 e. The molecule has 0 spiro atoms. The van der Waals surface area contributed by atoms with E-state index in [1.807, 2.05) is 24.3 Å². The summed E-state index contributed by atoms with van der Waals surface area (Å²) < 4.78 is 10.2. The number of nitrogens with one attached hydrogen (secondary N) is 1. The lowest BCUT2D eigenvalue weighted by Gasteiger charge is -2.03. The van der Waals surface area contributed by atoms with Gasteiger partial charge in [0.25, 0.3) is 0 Å². The molecule has 0 aliphatic carbocycles. The van der Waals surface area contributed by atoms with Crippen LogP contribution >= 0.6 is 0 Å². The second kappa shape index (κ2) is 5.53. The maximum atomic E-state index is 10.7. The van der Waals surface area contributed by atoms with Crippen molar-refractivity contribution in [2.45, 2.75) is 13.5 Å². The molecule has 0 atom stereocenters. The van der Waals surface area contributed by atoms with Crippen molar-refractivity contribution in [3.8, 4) is 11.3 Å². The van der Waals surface area contributed by atoms with Gasteiger partial charge in [-0.1, -0.05) is 29.4 Å². The van der Waals surface area contributed by atoms with Gasteiger partial charge < -0.3 is 14.4 Å². The van der Waals surface area contributed by atoms with Gasteiger partial charge in [-0.15, -0.1) is 0 Å². The molecule has 6 heteroatoms. The van der Waals surface area contributed by atoms with Crippen LogP contribution in [0.1, 0.15) is 11.3 Å². The van der Waals surface area contributed by atoms with Gasteiger partial charge in [-0.25, -0.2) is 4.79 Å². The van der Waals surface area contributed by atoms with Crippen molar-refractivity contribution in [1.29, 1.82) is 0 Å². The molecular formula is C13H14N2O4. The Kier molecular flexibility index (Phi) is 3.82. The van der Waals surface area contributed by atoms with Gasteiger partial charge in [-0.3, -0.25) is 5.32 Å². The van der Waals surface area contributed by atoms with Crippen LogP contribution in [0.2, 0.25) is 0 Å². The highest BCUT2D eigenvalue weighted by molar-refractivity contribution is 5.89. The van der Waals surface area contributed by atoms with Gasteiger partial charge >= 0.3 is 6.09 Å². The van der Waals surface area contributed by atoms with E-state index in [2.05, 4.69) is 10.5 Å². The van der Waals surface area contributed by atoms with Crippen molar-refractivity contribution in [1.82, 2.24) is 5.16 Å². The second-order valence-electron chi connectivity index (χ2n) is 4.03. The standard InChI is InChI=1S/C13H14N2O4/c1-8-11(14-13(16)17)12(19-15-8)10-5-3-9(4-6-10)7-18-2/h3-6,14H,7H2,1-2H3,(H,16,17). The van der Waals surface area contributed by atoms with Gasteiger partial charge in [-0.2, -0.15) is 0 Å². The largest absolute Gasteiger partial charge is 0.465 e. The number of methoxy groups -OCH3 is 1. The Morgan fingerprint density at radius 3 is 2.68 bits per heavy atom. The molecule has 1 aromatic carbocycles. The van der Waals surface area contributed by atoms with Crippen molar-refractivity contribution in [3.05, 3.63) is 35.5 Å². The van der Waals surface area contributed by atoms with Crippen molar-refractivity contribution in [2.75, 3.05) is 12.4 Å². The summed E-state index contributed by atoms with van der Waals surface area (Å²) in [5.41, 5.74) is 2.64. The van der Waals surface area contributed by atoms with E-state index in [0.29, 0.717) is 23.7 Å². The van der Waals surface area contributed by atoms with Crippen LogP contribution < -0.4 is 5.32 Å². The number of carbonyl (C=O) groups is 1. The van der Waals surface area contributed by atoms with E-state index in [0.717, 1.165) is 11.1 Å². The number of hydrogen-bond donors (Lipinski definition) is 2. The SMILES string of the molecule is COCc1ccc(-c2onc(C)c2NC(=O)O)cc1. The Hall–Kier alpha value is -2.34. The maximum Gasteiger partial charge on any atom is 0.409 e. The molecule has 0 radical (unpaired) electrons. The summed E-state index contributed by atoms with van der Waals surface area (Å²) in [5, 5.41) is 14.9. The van der Waals surface area contributed by atoms with Gasteiger partial charge in [0.2, 0.25) is 0 Å². The fraction of sp³-hybridized carbons (Fsp3) is 0.231. The zero-order valence-electron chi connectivity index (χ0n) is 10.6. The van der Waals surface area contributed by atoms with E-state index < -0.39 is 6.09 Å². The van der Waals surface area contributed by atoms with E-state index in [4.69, 9.17) is 14.4 Å². The summed E-state index contributed by atoms with van der Waals surface area (Å²) in [6, 6.07) is 7.45. The third-order valence-corrected chi connectivity index (χ3v) is 2.62. The number of amides is 1. The Balaban J connectivity index is 2.33. The van der Waals surface area contributed by atoms with Crippen LogP contribution in [-0.4, -0.2) is 23.5 Å². The molecule has 6 nitrogen and oxygen atoms in total. The highest BCUT2D eigenvalue weighted by Crippen LogP contribution is 2.30. The molecule has 2 aromatic rings. The molecule has 0 fully saturated rings. The molecule has 0 saturated heterocycles. The molecule has 0 bridgehead atoms. The highest BCUT2D eigenvalue weighted by Gasteiger charge is 2.16. The van der Waals surface area contributed by atoms with Crippen LogP contribution in [0.4, 0.5) is 10.5 Å². The summed E-state index contributed by atoms with van der Waals surface area (Å²) >= 11 is 0. The third-order valence-electron chi connectivity index (χ3n) is 2.62. The molecule has 2 rings (SSSR count). The number of carboxylic acid groups (broad SMARTS) is 1. The van der Waals surface area contributed by atoms with Gasteiger partial charge in [0, 0.05) is 12.7 Å². The fourth-order valence-electron chi connectivity index (χ4n) is 1.74. The van der Waals surface area contributed by atoms with Gasteiger partial charge in [0.15, 0.2) is 5.76 Å². The van der Waals surface area contributed by atoms with Gasteiger partial charge in [0.1, 0.15) is 11.4 Å². The Labute approximate surface area is 110 Å². The van der Waals surface area contributed by atoms with E-state index in [9.17, 15) is 4.79 Å². The zero-order chi connectivity index (χ0) is 13.8. The van der Waals surface area contributed by atoms with E-state index in [1.165, 1.54) is 0 Å². The molecule has 0 saturated carbocycles. The third kappa shape index (κ3) is 2.92. The predicted octanol–water partition coefficient (Wildman–Crippen LogP) is 2.89. The van der Waals surface area contributed by atoms with Crippen LogP contribution in [0, 0.1) is 6.92 Å². The number of aromatic nitrogens is 1. The van der Waals surface area contributed by atoms with Crippen LogP contribution in [0.3, 0.4) is 0 Å². The Bertz CT molecular complexity index is 575. The first-order chi connectivity index (χ1) is 9.11. The lowest BCUT2D eigenvalue weighted by molar-refractivity contribution is 0.185. The molecule has 100 valence electrons. The maximum absolute atomic E-state index is 10.7. The van der Waals surface area contributed by atoms with Crippen LogP contribution in [-0.2, 0) is 11.3 Å². The van der Waals surface area contributed by atoms with Crippen molar-refractivity contribution >= 4 is 11.8 Å². The molecule has 1 amide bonds. The number of benzene rings is 1.